The molecule has 130 valence electrons. The number of carbonyl (C=O) groups excluding carboxylic acids is 2. The minimum atomic E-state index is -0.180. The van der Waals surface area contributed by atoms with E-state index in [1.807, 2.05) is 31.2 Å². The molecule has 5 nitrogen and oxygen atoms in total. The van der Waals surface area contributed by atoms with Gasteiger partial charge in [-0.05, 0) is 24.6 Å². The molecule has 1 aliphatic carbocycles. The molecule has 1 aromatic heterocycles. The average molecular weight is 371 g/mol. The van der Waals surface area contributed by atoms with Crippen LogP contribution in [0.1, 0.15) is 37.4 Å². The van der Waals surface area contributed by atoms with E-state index in [9.17, 15) is 9.59 Å². The first-order chi connectivity index (χ1) is 13.1. The molecule has 1 N–H and O–H groups in total. The van der Waals surface area contributed by atoms with Gasteiger partial charge in [0.1, 0.15) is 11.0 Å². The first-order valence-electron chi connectivity index (χ1n) is 8.45. The van der Waals surface area contributed by atoms with Crippen LogP contribution < -0.4 is 5.32 Å². The molecule has 27 heavy (non-hydrogen) atoms. The second kappa shape index (κ2) is 5.82. The zero-order chi connectivity index (χ0) is 18.5. The molecule has 0 saturated carbocycles. The number of hydrogen-bond donors (Lipinski definition) is 1. The van der Waals surface area contributed by atoms with Crippen molar-refractivity contribution in [3.05, 3.63) is 82.4 Å². The average Bonchev–Trinajstić information content (AvgIpc) is 3.18. The Hall–Kier alpha value is -3.38. The number of nitrogens with one attached hydrogen (secondary N) is 1. The molecule has 5 rings (SSSR count). The Bertz CT molecular complexity index is 1260. The SMILES string of the molecule is Cc1ccccc1Nc1cc2c(c3nsnc13)C(=O)c1ccccc1C2=O. The number of aryl methyl sites for hydroxylation is 1. The van der Waals surface area contributed by atoms with Gasteiger partial charge in [-0.25, -0.2) is 0 Å². The van der Waals surface area contributed by atoms with Crippen LogP contribution in [0.2, 0.25) is 0 Å². The van der Waals surface area contributed by atoms with E-state index < -0.39 is 0 Å². The lowest BCUT2D eigenvalue weighted by atomic mass is 9.83. The summed E-state index contributed by atoms with van der Waals surface area (Å²) < 4.78 is 8.70. The summed E-state index contributed by atoms with van der Waals surface area (Å²) in [7, 11) is 0. The monoisotopic (exact) mass is 371 g/mol. The van der Waals surface area contributed by atoms with Crippen molar-refractivity contribution in [3.8, 4) is 0 Å². The first kappa shape index (κ1) is 15.8. The Morgan fingerprint density at radius 1 is 0.778 bits per heavy atom. The largest absolute Gasteiger partial charge is 0.353 e. The Labute approximate surface area is 159 Å². The number of fused-ring (bicyclic) bond motifs is 4. The highest BCUT2D eigenvalue weighted by molar-refractivity contribution is 7.00. The molecule has 0 aliphatic heterocycles. The van der Waals surface area contributed by atoms with E-state index in [-0.39, 0.29) is 11.6 Å². The van der Waals surface area contributed by atoms with Gasteiger partial charge in [0.15, 0.2) is 11.6 Å². The van der Waals surface area contributed by atoms with Gasteiger partial charge in [-0.15, -0.1) is 0 Å². The van der Waals surface area contributed by atoms with Gasteiger partial charge in [-0.2, -0.15) is 8.75 Å². The number of rotatable bonds is 2. The molecule has 0 unspecified atom stereocenters. The van der Waals surface area contributed by atoms with Gasteiger partial charge in [-0.3, -0.25) is 9.59 Å². The molecule has 0 amide bonds. The predicted molar refractivity (Wildman–Crippen MR) is 105 cm³/mol. The summed E-state index contributed by atoms with van der Waals surface area (Å²) in [6.07, 6.45) is 0. The number of hydrogen-bond acceptors (Lipinski definition) is 6. The van der Waals surface area contributed by atoms with Crippen LogP contribution in [-0.4, -0.2) is 20.3 Å². The van der Waals surface area contributed by atoms with E-state index in [0.29, 0.717) is 39.0 Å². The van der Waals surface area contributed by atoms with Crippen LogP contribution in [0.3, 0.4) is 0 Å². The lowest BCUT2D eigenvalue weighted by Crippen LogP contribution is -2.21. The fraction of sp³-hybridized carbons (Fsp3) is 0.0476. The van der Waals surface area contributed by atoms with E-state index in [2.05, 4.69) is 14.1 Å². The number of nitrogens with zero attached hydrogens (tertiary/aromatic N) is 2. The molecule has 0 saturated heterocycles. The minimum Gasteiger partial charge on any atom is -0.353 e. The molecule has 4 aromatic rings. The molecule has 3 aromatic carbocycles. The van der Waals surface area contributed by atoms with Gasteiger partial charge in [0, 0.05) is 22.4 Å². The number of para-hydroxylation sites is 1. The van der Waals surface area contributed by atoms with Crippen LogP contribution in [0.5, 0.6) is 0 Å². The zero-order valence-electron chi connectivity index (χ0n) is 14.3. The number of carbonyl (C=O) groups is 2. The molecular weight excluding hydrogens is 358 g/mol. The van der Waals surface area contributed by atoms with Gasteiger partial charge >= 0.3 is 0 Å². The van der Waals surface area contributed by atoms with Crippen molar-refractivity contribution in [1.29, 1.82) is 0 Å². The molecule has 0 radical (unpaired) electrons. The molecule has 1 aliphatic rings. The van der Waals surface area contributed by atoms with Crippen molar-refractivity contribution in [3.63, 3.8) is 0 Å². The third-order valence-corrected chi connectivity index (χ3v) is 5.37. The van der Waals surface area contributed by atoms with Crippen molar-refractivity contribution in [2.24, 2.45) is 0 Å². The molecule has 1 heterocycles. The van der Waals surface area contributed by atoms with Crippen molar-refractivity contribution in [2.75, 3.05) is 5.32 Å². The van der Waals surface area contributed by atoms with Crippen LogP contribution >= 0.6 is 11.7 Å². The van der Waals surface area contributed by atoms with E-state index in [1.54, 1.807) is 30.3 Å². The maximum absolute atomic E-state index is 13.1. The topological polar surface area (TPSA) is 72.0 Å². The quantitative estimate of drug-likeness (QED) is 0.494. The second-order valence-electron chi connectivity index (χ2n) is 6.45. The van der Waals surface area contributed by atoms with Crippen LogP contribution in [-0.2, 0) is 0 Å². The van der Waals surface area contributed by atoms with E-state index in [1.165, 1.54) is 0 Å². The summed E-state index contributed by atoms with van der Waals surface area (Å²) in [5, 5.41) is 3.35. The lowest BCUT2D eigenvalue weighted by Gasteiger charge is -2.19. The maximum atomic E-state index is 13.1. The third kappa shape index (κ3) is 2.30. The van der Waals surface area contributed by atoms with Gasteiger partial charge < -0.3 is 5.32 Å². The summed E-state index contributed by atoms with van der Waals surface area (Å²) in [5.41, 5.74) is 5.30. The molecule has 0 spiro atoms. The first-order valence-corrected chi connectivity index (χ1v) is 9.18. The highest BCUT2D eigenvalue weighted by atomic mass is 32.1. The number of anilines is 2. The summed E-state index contributed by atoms with van der Waals surface area (Å²) in [4.78, 5) is 26.1. The summed E-state index contributed by atoms with van der Waals surface area (Å²) in [6, 6.07) is 16.5. The smallest absolute Gasteiger partial charge is 0.196 e. The lowest BCUT2D eigenvalue weighted by molar-refractivity contribution is 0.0980. The standard InChI is InChI=1S/C21H13N3O2S/c1-11-6-2-5-9-15(11)22-16-10-14-17(19-18(16)23-27-24-19)21(26)13-8-4-3-7-12(13)20(14)25/h2-10,22H,1H3. The predicted octanol–water partition coefficient (Wildman–Crippen LogP) is 4.52. The van der Waals surface area contributed by atoms with Gasteiger partial charge in [0.2, 0.25) is 0 Å². The molecule has 6 heteroatoms. The highest BCUT2D eigenvalue weighted by Crippen LogP contribution is 2.36. The van der Waals surface area contributed by atoms with E-state index >= 15 is 0 Å². The zero-order valence-corrected chi connectivity index (χ0v) is 15.1. The maximum Gasteiger partial charge on any atom is 0.196 e. The van der Waals surface area contributed by atoms with Crippen LogP contribution in [0.4, 0.5) is 11.4 Å². The Balaban J connectivity index is 1.75. The molecule has 0 atom stereocenters. The molecule has 0 bridgehead atoms. The second-order valence-corrected chi connectivity index (χ2v) is 6.98. The van der Waals surface area contributed by atoms with Gasteiger partial charge in [0.25, 0.3) is 0 Å². The third-order valence-electron chi connectivity index (χ3n) is 4.84. The summed E-state index contributed by atoms with van der Waals surface area (Å²) in [5.74, 6) is -0.344. The van der Waals surface area contributed by atoms with Crippen LogP contribution in [0.15, 0.2) is 54.6 Å². The number of ketones is 2. The van der Waals surface area contributed by atoms with Crippen molar-refractivity contribution in [2.45, 2.75) is 6.92 Å². The van der Waals surface area contributed by atoms with Crippen LogP contribution in [0, 0.1) is 6.92 Å². The number of aromatic nitrogens is 2. The number of benzene rings is 3. The molecule has 0 fully saturated rings. The van der Waals surface area contributed by atoms with Gasteiger partial charge in [-0.1, -0.05) is 42.5 Å². The van der Waals surface area contributed by atoms with Crippen molar-refractivity contribution < 1.29 is 9.59 Å². The van der Waals surface area contributed by atoms with Gasteiger partial charge in [0.05, 0.1) is 23.0 Å². The molecular formula is C21H13N3O2S. The normalized spacial score (nSPS) is 12.8. The Kier molecular flexibility index (Phi) is 3.42. The van der Waals surface area contributed by atoms with Crippen molar-refractivity contribution >= 4 is 45.7 Å². The highest BCUT2D eigenvalue weighted by Gasteiger charge is 2.33. The van der Waals surface area contributed by atoms with Crippen LogP contribution in [0.25, 0.3) is 11.0 Å². The summed E-state index contributed by atoms with van der Waals surface area (Å²) in [6.45, 7) is 2.00. The fourth-order valence-corrected chi connectivity index (χ4v) is 4.03. The van der Waals surface area contributed by atoms with Crippen molar-refractivity contribution in [1.82, 2.24) is 8.75 Å². The fourth-order valence-electron chi connectivity index (χ4n) is 3.46. The van der Waals surface area contributed by atoms with E-state index in [4.69, 9.17) is 0 Å². The minimum absolute atomic E-state index is 0.164. The summed E-state index contributed by atoms with van der Waals surface area (Å²) >= 11 is 1.04. The Morgan fingerprint density at radius 3 is 2.22 bits per heavy atom. The van der Waals surface area contributed by atoms with E-state index in [0.717, 1.165) is 23.0 Å². The Morgan fingerprint density at radius 2 is 1.44 bits per heavy atom.